The Labute approximate surface area is 229 Å². The summed E-state index contributed by atoms with van der Waals surface area (Å²) in [6, 6.07) is 9.03. The van der Waals surface area contributed by atoms with Crippen LogP contribution in [-0.4, -0.2) is 19.3 Å². The molecule has 168 valence electrons. The minimum absolute atomic E-state index is 0. The fourth-order valence-electron chi connectivity index (χ4n) is 3.28. The summed E-state index contributed by atoms with van der Waals surface area (Å²) in [6.07, 6.45) is 3.23. The van der Waals surface area contributed by atoms with Crippen molar-refractivity contribution in [2.24, 2.45) is 5.92 Å². The number of hydrogen-bond donors (Lipinski definition) is 1. The molecule has 2 aromatic rings. The van der Waals surface area contributed by atoms with Crippen molar-refractivity contribution in [2.45, 2.75) is 38.8 Å². The SMILES string of the molecule is COc1cc(NC(=O)C2CC[CH-]CC2)ccc1C.[CH2-]c1c([C-]=O)cccc1C(F)(F)F.[K+]. The topological polar surface area (TPSA) is 55.4 Å². The van der Waals surface area contributed by atoms with Gasteiger partial charge in [0.25, 0.3) is 0 Å². The first-order valence-electron chi connectivity index (χ1n) is 9.84. The second-order valence-electron chi connectivity index (χ2n) is 7.25. The molecule has 0 aliphatic heterocycles. The molecule has 1 fully saturated rings. The zero-order valence-corrected chi connectivity index (χ0v) is 21.6. The van der Waals surface area contributed by atoms with Crippen LogP contribution >= 0.6 is 0 Å². The van der Waals surface area contributed by atoms with E-state index in [1.54, 1.807) is 7.11 Å². The number of carbonyl (C=O) groups excluding carboxylic acids is 2. The predicted octanol–water partition coefficient (Wildman–Crippen LogP) is 2.69. The minimum atomic E-state index is -4.47. The average molecular weight is 472 g/mol. The fourth-order valence-corrected chi connectivity index (χ4v) is 3.28. The van der Waals surface area contributed by atoms with Gasteiger partial charge in [-0.1, -0.05) is 18.9 Å². The summed E-state index contributed by atoms with van der Waals surface area (Å²) in [5.41, 5.74) is 0.507. The number of amides is 1. The zero-order chi connectivity index (χ0) is 23.0. The molecule has 1 saturated carbocycles. The maximum Gasteiger partial charge on any atom is 1.00 e. The monoisotopic (exact) mass is 471 g/mol. The molecule has 4 nitrogen and oxygen atoms in total. The molecule has 0 heterocycles. The molecule has 0 atom stereocenters. The Kier molecular flexibility index (Phi) is 12.0. The van der Waals surface area contributed by atoms with E-state index in [0.29, 0.717) is 0 Å². The number of aryl methyl sites for hydroxylation is 1. The van der Waals surface area contributed by atoms with Gasteiger partial charge in [0.1, 0.15) is 5.75 Å². The Bertz CT molecular complexity index is 910. The van der Waals surface area contributed by atoms with Crippen molar-refractivity contribution < 1.29 is 78.9 Å². The molecule has 0 aromatic heterocycles. The van der Waals surface area contributed by atoms with Gasteiger partial charge in [-0.3, -0.25) is 22.8 Å². The van der Waals surface area contributed by atoms with Gasteiger partial charge in [-0.2, -0.15) is 26.0 Å². The molecule has 1 aliphatic carbocycles. The van der Waals surface area contributed by atoms with E-state index < -0.39 is 11.7 Å². The zero-order valence-electron chi connectivity index (χ0n) is 18.5. The van der Waals surface area contributed by atoms with E-state index >= 15 is 0 Å². The number of alkyl halides is 3. The van der Waals surface area contributed by atoms with E-state index in [4.69, 9.17) is 4.74 Å². The van der Waals surface area contributed by atoms with Crippen molar-refractivity contribution in [1.29, 1.82) is 0 Å². The molecule has 0 bridgehead atoms. The number of halogens is 3. The van der Waals surface area contributed by atoms with Crippen LogP contribution in [0.1, 0.15) is 47.9 Å². The van der Waals surface area contributed by atoms with Crippen molar-refractivity contribution in [3.05, 3.63) is 72.0 Å². The van der Waals surface area contributed by atoms with Crippen LogP contribution in [0, 0.1) is 26.2 Å². The largest absolute Gasteiger partial charge is 1.00 e. The quantitative estimate of drug-likeness (QED) is 0.551. The van der Waals surface area contributed by atoms with Crippen LogP contribution in [0.3, 0.4) is 0 Å². The van der Waals surface area contributed by atoms with E-state index in [9.17, 15) is 22.8 Å². The van der Waals surface area contributed by atoms with Crippen LogP contribution < -0.4 is 61.4 Å². The molecule has 0 spiro atoms. The van der Waals surface area contributed by atoms with Gasteiger partial charge in [-0.05, 0) is 24.8 Å². The maximum atomic E-state index is 12.2. The molecule has 1 aliphatic rings. The molecule has 3 rings (SSSR count). The standard InChI is InChI=1S/C15H20NO2.C9H5F3O.K/c1-11-8-9-13(10-14(11)18-2)16-15(17)12-6-4-3-5-7-12;1-6-7(5-13)3-2-4-8(6)9(10,11)12;/h3,8-10,12H,4-7H2,1-2H3,(H,16,17);2-4H,1H2;/q-1;-2;+1. The number of rotatable bonds is 4. The third-order valence-corrected chi connectivity index (χ3v) is 5.08. The second kappa shape index (κ2) is 13.4. The van der Waals surface area contributed by atoms with E-state index in [1.165, 1.54) is 12.4 Å². The molecule has 1 amide bonds. The first-order valence-corrected chi connectivity index (χ1v) is 9.84. The molecule has 0 unspecified atom stereocenters. The van der Waals surface area contributed by atoms with E-state index in [2.05, 4.69) is 18.7 Å². The summed E-state index contributed by atoms with van der Waals surface area (Å²) in [4.78, 5) is 22.3. The third-order valence-electron chi connectivity index (χ3n) is 5.08. The molecule has 2 aromatic carbocycles. The van der Waals surface area contributed by atoms with Gasteiger partial charge in [0.05, 0.1) is 7.11 Å². The first kappa shape index (κ1) is 28.7. The Morgan fingerprint density at radius 1 is 1.22 bits per heavy atom. The van der Waals surface area contributed by atoms with Crippen LogP contribution in [0.5, 0.6) is 5.75 Å². The van der Waals surface area contributed by atoms with Crippen molar-refractivity contribution in [3.8, 4) is 5.75 Å². The van der Waals surface area contributed by atoms with Crippen LogP contribution in [-0.2, 0) is 15.8 Å². The number of methoxy groups -OCH3 is 1. The normalized spacial score (nSPS) is 13.8. The molecule has 0 radical (unpaired) electrons. The summed E-state index contributed by atoms with van der Waals surface area (Å²) in [6.45, 7) is 5.16. The Morgan fingerprint density at radius 2 is 1.88 bits per heavy atom. The van der Waals surface area contributed by atoms with Crippen molar-refractivity contribution >= 4 is 17.9 Å². The van der Waals surface area contributed by atoms with Crippen LogP contribution in [0.15, 0.2) is 36.4 Å². The molecule has 0 saturated heterocycles. The minimum Gasteiger partial charge on any atom is -0.496 e. The molecular formula is C24H25F3KNO3-2. The smallest absolute Gasteiger partial charge is 0.496 e. The van der Waals surface area contributed by atoms with E-state index in [1.807, 2.05) is 25.1 Å². The van der Waals surface area contributed by atoms with Crippen LogP contribution in [0.2, 0.25) is 0 Å². The fraction of sp³-hybridized carbons (Fsp3) is 0.333. The average Bonchev–Trinajstić information content (AvgIpc) is 2.75. The number of anilines is 1. The molecular weight excluding hydrogens is 446 g/mol. The van der Waals surface area contributed by atoms with Gasteiger partial charge >= 0.3 is 57.6 Å². The van der Waals surface area contributed by atoms with Crippen molar-refractivity contribution in [3.63, 3.8) is 0 Å². The van der Waals surface area contributed by atoms with Gasteiger partial charge in [0, 0.05) is 17.7 Å². The van der Waals surface area contributed by atoms with E-state index in [0.717, 1.165) is 54.8 Å². The molecule has 1 N–H and O–H groups in total. The maximum absolute atomic E-state index is 12.2. The Morgan fingerprint density at radius 3 is 2.44 bits per heavy atom. The first-order chi connectivity index (χ1) is 14.7. The number of hydrogen-bond acceptors (Lipinski definition) is 3. The van der Waals surface area contributed by atoms with Gasteiger partial charge in [-0.25, -0.2) is 6.07 Å². The predicted molar refractivity (Wildman–Crippen MR) is 113 cm³/mol. The summed E-state index contributed by atoms with van der Waals surface area (Å²) in [7, 11) is 1.64. The van der Waals surface area contributed by atoms with Crippen LogP contribution in [0.4, 0.5) is 18.9 Å². The van der Waals surface area contributed by atoms with Gasteiger partial charge in [0.2, 0.25) is 5.91 Å². The second-order valence-corrected chi connectivity index (χ2v) is 7.25. The Balaban J connectivity index is 0.000000327. The van der Waals surface area contributed by atoms with Gasteiger partial charge in [-0.15, -0.1) is 17.7 Å². The molecule has 8 heteroatoms. The van der Waals surface area contributed by atoms with Crippen molar-refractivity contribution in [1.82, 2.24) is 0 Å². The summed E-state index contributed by atoms with van der Waals surface area (Å²) < 4.78 is 41.8. The van der Waals surface area contributed by atoms with Gasteiger partial charge in [0.15, 0.2) is 0 Å². The number of carbonyl (C=O) groups is 1. The summed E-state index contributed by atoms with van der Waals surface area (Å²) in [5, 5.41) is 2.98. The molecule has 32 heavy (non-hydrogen) atoms. The summed E-state index contributed by atoms with van der Waals surface area (Å²) >= 11 is 0. The van der Waals surface area contributed by atoms with E-state index in [-0.39, 0.29) is 74.3 Å². The Hall–Kier alpha value is -1.32. The number of nitrogens with one attached hydrogen (secondary N) is 1. The summed E-state index contributed by atoms with van der Waals surface area (Å²) in [5.74, 6) is 1.10. The van der Waals surface area contributed by atoms with Crippen molar-refractivity contribution in [2.75, 3.05) is 12.4 Å². The number of benzene rings is 2. The van der Waals surface area contributed by atoms with Crippen LogP contribution in [0.25, 0.3) is 0 Å². The number of ether oxygens (including phenoxy) is 1. The van der Waals surface area contributed by atoms with Gasteiger partial charge < -0.3 is 21.3 Å². The third kappa shape index (κ3) is 8.23.